The van der Waals surface area contributed by atoms with E-state index in [1.165, 1.54) is 12.1 Å². The van der Waals surface area contributed by atoms with Crippen molar-refractivity contribution in [2.24, 2.45) is 5.92 Å². The van der Waals surface area contributed by atoms with Crippen molar-refractivity contribution in [3.63, 3.8) is 0 Å². The second kappa shape index (κ2) is 12.3. The van der Waals surface area contributed by atoms with E-state index in [0.717, 1.165) is 42.7 Å². The van der Waals surface area contributed by atoms with Crippen LogP contribution in [0.1, 0.15) is 44.1 Å². The zero-order chi connectivity index (χ0) is 29.4. The quantitative estimate of drug-likeness (QED) is 0.480. The molecule has 0 bridgehead atoms. The minimum absolute atomic E-state index is 0.00368. The number of nitrogens with one attached hydrogen (secondary N) is 2. The van der Waals surface area contributed by atoms with Crippen LogP contribution in [0.4, 0.5) is 4.39 Å². The summed E-state index contributed by atoms with van der Waals surface area (Å²) in [7, 11) is 2.12. The number of hydrogen-bond acceptors (Lipinski definition) is 9. The number of amides is 1. The first-order valence-electron chi connectivity index (χ1n) is 15.2. The van der Waals surface area contributed by atoms with Gasteiger partial charge in [-0.05, 0) is 70.3 Å². The van der Waals surface area contributed by atoms with E-state index in [9.17, 15) is 19.2 Å². The van der Waals surface area contributed by atoms with Gasteiger partial charge in [-0.2, -0.15) is 5.26 Å². The topological polar surface area (TPSA) is 101 Å². The highest BCUT2D eigenvalue weighted by atomic mass is 32.2. The van der Waals surface area contributed by atoms with Crippen molar-refractivity contribution in [1.82, 2.24) is 25.3 Å². The molecular formula is C31H41FN6O3S. The van der Waals surface area contributed by atoms with Crippen LogP contribution in [0.2, 0.25) is 0 Å². The van der Waals surface area contributed by atoms with Crippen LogP contribution in [0.25, 0.3) is 0 Å². The van der Waals surface area contributed by atoms with Crippen LogP contribution in [0.15, 0.2) is 35.7 Å². The van der Waals surface area contributed by atoms with E-state index in [4.69, 9.17) is 4.74 Å². The van der Waals surface area contributed by atoms with Gasteiger partial charge in [0, 0.05) is 42.1 Å². The summed E-state index contributed by atoms with van der Waals surface area (Å²) in [6.45, 7) is 6.91. The number of carbonyl (C=O) groups excluding carboxylic acids is 2. The van der Waals surface area contributed by atoms with Crippen molar-refractivity contribution >= 4 is 23.5 Å². The number of fused-ring (bicyclic) bond motifs is 2. The van der Waals surface area contributed by atoms with Gasteiger partial charge in [-0.1, -0.05) is 12.6 Å². The number of nitrogens with zero attached hydrogens (tertiary/aromatic N) is 4. The fourth-order valence-corrected chi connectivity index (χ4v) is 9.24. The van der Waals surface area contributed by atoms with Gasteiger partial charge in [-0.3, -0.25) is 25.1 Å². The maximum absolute atomic E-state index is 14.5. The predicted octanol–water partition coefficient (Wildman–Crippen LogP) is 2.48. The molecule has 1 saturated carbocycles. The molecule has 9 nitrogen and oxygen atoms in total. The van der Waals surface area contributed by atoms with Crippen molar-refractivity contribution in [3.8, 4) is 6.07 Å². The van der Waals surface area contributed by atoms with Crippen LogP contribution in [0, 0.1) is 23.1 Å². The molecule has 1 aromatic carbocycles. The number of rotatable bonds is 6. The second-order valence-electron chi connectivity index (χ2n) is 12.4. The number of ketones is 1. The summed E-state index contributed by atoms with van der Waals surface area (Å²) in [5.74, 6) is -0.182. The lowest BCUT2D eigenvalue weighted by Crippen LogP contribution is -2.75. The minimum atomic E-state index is -0.592. The standard InChI is InChI=1S/C31H41FN6O3S/c1-3-26(39)38-17-16-37(18-20(38)11-14-33)29-23-10-13-31(12-9-22-24(32)7-4-8-25(22)42-31)28(40)27(23)34-30(35-29)41-19-21-6-5-15-36(21)2/h3-4,7-8,20-21,23,27,29-30,34-35H,1,5-6,9-13,15-19H2,2H3/t20?,21?,23?,27?,29?,30?,31-/m1/s1. The maximum Gasteiger partial charge on any atom is 0.246 e. The van der Waals surface area contributed by atoms with Gasteiger partial charge in [0.2, 0.25) is 5.91 Å². The Morgan fingerprint density at radius 1 is 1.26 bits per heavy atom. The van der Waals surface area contributed by atoms with Crippen molar-refractivity contribution in [1.29, 1.82) is 5.26 Å². The Morgan fingerprint density at radius 3 is 2.88 bits per heavy atom. The molecule has 5 aliphatic rings. The van der Waals surface area contributed by atoms with E-state index in [2.05, 4.69) is 40.1 Å². The largest absolute Gasteiger partial charge is 0.348 e. The number of likely N-dealkylation sites (N-methyl/N-ethyl adjacent to an activating group) is 1. The fraction of sp³-hybridized carbons (Fsp3) is 0.645. The smallest absolute Gasteiger partial charge is 0.246 e. The Bertz CT molecular complexity index is 1260. The number of piperazine rings is 1. The van der Waals surface area contributed by atoms with E-state index in [-0.39, 0.29) is 42.1 Å². The molecule has 42 heavy (non-hydrogen) atoms. The summed E-state index contributed by atoms with van der Waals surface area (Å²) in [5, 5.41) is 16.7. The van der Waals surface area contributed by atoms with Gasteiger partial charge in [0.05, 0.1) is 42.1 Å². The van der Waals surface area contributed by atoms with Gasteiger partial charge >= 0.3 is 0 Å². The van der Waals surface area contributed by atoms with Gasteiger partial charge < -0.3 is 14.5 Å². The molecule has 0 radical (unpaired) electrons. The number of benzene rings is 1. The number of ether oxygens (including phenoxy) is 1. The predicted molar refractivity (Wildman–Crippen MR) is 158 cm³/mol. The molecule has 4 fully saturated rings. The van der Waals surface area contributed by atoms with Gasteiger partial charge in [-0.15, -0.1) is 11.8 Å². The highest BCUT2D eigenvalue weighted by Crippen LogP contribution is 2.51. The molecule has 3 saturated heterocycles. The molecule has 6 rings (SSSR count). The van der Waals surface area contributed by atoms with Crippen molar-refractivity contribution in [2.75, 3.05) is 39.8 Å². The summed E-state index contributed by atoms with van der Waals surface area (Å²) in [5.41, 5.74) is 0.719. The first kappa shape index (κ1) is 29.7. The third-order valence-electron chi connectivity index (χ3n) is 10.1. The molecule has 4 heterocycles. The van der Waals surface area contributed by atoms with Crippen LogP contribution >= 0.6 is 11.8 Å². The third-order valence-corrected chi connectivity index (χ3v) is 11.7. The Kier molecular flexibility index (Phi) is 8.74. The van der Waals surface area contributed by atoms with Crippen molar-refractivity contribution in [2.45, 2.75) is 85.2 Å². The number of nitriles is 1. The monoisotopic (exact) mass is 596 g/mol. The Hall–Kier alpha value is -2.33. The first-order valence-corrected chi connectivity index (χ1v) is 16.0. The van der Waals surface area contributed by atoms with Crippen molar-refractivity contribution < 1.29 is 18.7 Å². The minimum Gasteiger partial charge on any atom is -0.348 e. The molecule has 4 aliphatic heterocycles. The van der Waals surface area contributed by atoms with Crippen LogP contribution < -0.4 is 10.6 Å². The van der Waals surface area contributed by atoms with Gasteiger partial charge in [0.1, 0.15) is 5.82 Å². The second-order valence-corrected chi connectivity index (χ2v) is 13.8. The summed E-state index contributed by atoms with van der Waals surface area (Å²) in [4.78, 5) is 34.2. The van der Waals surface area contributed by atoms with E-state index < -0.39 is 17.1 Å². The average Bonchev–Trinajstić information content (AvgIpc) is 3.42. The van der Waals surface area contributed by atoms with Crippen LogP contribution in [0.5, 0.6) is 0 Å². The number of halogens is 1. The average molecular weight is 597 g/mol. The number of carbonyl (C=O) groups is 2. The molecule has 1 spiro atoms. The summed E-state index contributed by atoms with van der Waals surface area (Å²) in [6, 6.07) is 7.09. The fourth-order valence-electron chi connectivity index (χ4n) is 7.70. The molecule has 1 aliphatic carbocycles. The molecule has 7 atom stereocenters. The molecule has 226 valence electrons. The zero-order valence-corrected chi connectivity index (χ0v) is 25.1. The molecule has 1 aromatic rings. The van der Waals surface area contributed by atoms with Crippen LogP contribution in [0.3, 0.4) is 0 Å². The summed E-state index contributed by atoms with van der Waals surface area (Å²) < 4.78 is 20.4. The first-order chi connectivity index (χ1) is 20.3. The third kappa shape index (κ3) is 5.53. The van der Waals surface area contributed by atoms with E-state index in [0.29, 0.717) is 45.1 Å². The molecule has 0 aromatic heterocycles. The van der Waals surface area contributed by atoms with Crippen LogP contribution in [-0.2, 0) is 20.7 Å². The lowest BCUT2D eigenvalue weighted by Gasteiger charge is -2.55. The van der Waals surface area contributed by atoms with E-state index >= 15 is 0 Å². The maximum atomic E-state index is 14.5. The van der Waals surface area contributed by atoms with Crippen molar-refractivity contribution in [3.05, 3.63) is 42.2 Å². The van der Waals surface area contributed by atoms with E-state index in [1.54, 1.807) is 22.7 Å². The SMILES string of the molecule is C=CC(=O)N1CCN(C2NC(OCC3CCCN3C)NC3C(=O)[C@@]4(CCc5c(F)cccc5S4)CCC32)CC1CC#N. The molecule has 2 N–H and O–H groups in total. The van der Waals surface area contributed by atoms with Gasteiger partial charge in [-0.25, -0.2) is 4.39 Å². The Balaban J connectivity index is 1.24. The van der Waals surface area contributed by atoms with E-state index in [1.807, 2.05) is 6.07 Å². The number of hydrogen-bond donors (Lipinski definition) is 2. The lowest BCUT2D eigenvalue weighted by molar-refractivity contribution is -0.145. The van der Waals surface area contributed by atoms with Gasteiger partial charge in [0.15, 0.2) is 12.1 Å². The zero-order valence-electron chi connectivity index (χ0n) is 24.3. The van der Waals surface area contributed by atoms with Crippen LogP contribution in [-0.4, -0.2) is 102 Å². The van der Waals surface area contributed by atoms with Gasteiger partial charge in [0.25, 0.3) is 0 Å². The normalized spacial score (nSPS) is 35.5. The number of Topliss-reactive ketones (excluding diaryl/α,β-unsaturated/α-hetero) is 1. The highest BCUT2D eigenvalue weighted by molar-refractivity contribution is 8.01. The lowest BCUT2D eigenvalue weighted by atomic mass is 9.72. The molecular weight excluding hydrogens is 555 g/mol. The molecule has 1 amide bonds. The Labute approximate surface area is 251 Å². The number of likely N-dealkylation sites (tertiary alicyclic amines) is 1. The summed E-state index contributed by atoms with van der Waals surface area (Å²) >= 11 is 1.54. The molecule has 6 unspecified atom stereocenters. The summed E-state index contributed by atoms with van der Waals surface area (Å²) in [6.07, 6.45) is 5.86. The molecule has 11 heteroatoms. The number of thioether (sulfide) groups is 1. The highest BCUT2D eigenvalue weighted by Gasteiger charge is 2.56. The Morgan fingerprint density at radius 2 is 2.12 bits per heavy atom.